The highest BCUT2D eigenvalue weighted by Gasteiger charge is 2.08. The first-order valence-corrected chi connectivity index (χ1v) is 7.72. The van der Waals surface area contributed by atoms with Gasteiger partial charge in [-0.15, -0.1) is 24.0 Å². The molecule has 0 radical (unpaired) electrons. The fourth-order valence-corrected chi connectivity index (χ4v) is 2.36. The molecule has 0 fully saturated rings. The summed E-state index contributed by atoms with van der Waals surface area (Å²) in [6.45, 7) is 9.44. The summed E-state index contributed by atoms with van der Waals surface area (Å²) in [6, 6.07) is 0. The highest BCUT2D eigenvalue weighted by atomic mass is 127. The molecule has 7 heteroatoms. The molecular formula is C15H31IN6. The van der Waals surface area contributed by atoms with Gasteiger partial charge < -0.3 is 15.1 Å². The average molecular weight is 422 g/mol. The number of hydrogen-bond donors (Lipinski definition) is 1. The van der Waals surface area contributed by atoms with Gasteiger partial charge in [0, 0.05) is 52.5 Å². The number of guanidine groups is 1. The van der Waals surface area contributed by atoms with E-state index in [0.29, 0.717) is 0 Å². The number of halogens is 1. The zero-order valence-electron chi connectivity index (χ0n) is 14.5. The van der Waals surface area contributed by atoms with E-state index in [1.54, 1.807) is 0 Å². The Morgan fingerprint density at radius 2 is 2.09 bits per heavy atom. The van der Waals surface area contributed by atoms with E-state index in [1.165, 1.54) is 12.0 Å². The molecule has 128 valence electrons. The predicted molar refractivity (Wildman–Crippen MR) is 104 cm³/mol. The van der Waals surface area contributed by atoms with Gasteiger partial charge in [0.05, 0.1) is 6.20 Å². The normalized spacial score (nSPS) is 11.5. The molecule has 0 spiro atoms. The van der Waals surface area contributed by atoms with Gasteiger partial charge in [0.1, 0.15) is 0 Å². The molecule has 22 heavy (non-hydrogen) atoms. The highest BCUT2D eigenvalue weighted by molar-refractivity contribution is 14.0. The summed E-state index contributed by atoms with van der Waals surface area (Å²) >= 11 is 0. The number of aliphatic imine (C=N–C) groups is 1. The number of nitrogens with zero attached hydrogens (tertiary/aromatic N) is 5. The molecule has 0 atom stereocenters. The van der Waals surface area contributed by atoms with Crippen molar-refractivity contribution in [2.75, 3.05) is 40.3 Å². The Labute approximate surface area is 152 Å². The van der Waals surface area contributed by atoms with Crippen molar-refractivity contribution in [2.24, 2.45) is 12.0 Å². The van der Waals surface area contributed by atoms with Crippen molar-refractivity contribution in [1.29, 1.82) is 0 Å². The van der Waals surface area contributed by atoms with Crippen molar-refractivity contribution < 1.29 is 0 Å². The molecule has 0 unspecified atom stereocenters. The van der Waals surface area contributed by atoms with Crippen LogP contribution in [0, 0.1) is 0 Å². The van der Waals surface area contributed by atoms with E-state index in [9.17, 15) is 0 Å². The van der Waals surface area contributed by atoms with Crippen LogP contribution >= 0.6 is 24.0 Å². The molecule has 0 saturated heterocycles. The van der Waals surface area contributed by atoms with Crippen molar-refractivity contribution >= 4 is 29.9 Å². The summed E-state index contributed by atoms with van der Waals surface area (Å²) in [6.07, 6.45) is 5.12. The van der Waals surface area contributed by atoms with Crippen LogP contribution in [0.25, 0.3) is 0 Å². The monoisotopic (exact) mass is 422 g/mol. The van der Waals surface area contributed by atoms with Crippen LogP contribution in [0.1, 0.15) is 25.8 Å². The van der Waals surface area contributed by atoms with Gasteiger partial charge >= 0.3 is 0 Å². The number of hydrogen-bond acceptors (Lipinski definition) is 3. The first-order chi connectivity index (χ1) is 10.1. The number of aryl methyl sites for hydroxylation is 1. The summed E-state index contributed by atoms with van der Waals surface area (Å²) < 4.78 is 1.82. The van der Waals surface area contributed by atoms with Gasteiger partial charge in [-0.3, -0.25) is 9.67 Å². The van der Waals surface area contributed by atoms with Crippen LogP contribution in [0.15, 0.2) is 17.4 Å². The lowest BCUT2D eigenvalue weighted by Gasteiger charge is -2.24. The Morgan fingerprint density at radius 1 is 1.36 bits per heavy atom. The Kier molecular flexibility index (Phi) is 11.3. The molecule has 1 aromatic heterocycles. The summed E-state index contributed by atoms with van der Waals surface area (Å²) in [5, 5.41) is 7.62. The van der Waals surface area contributed by atoms with E-state index in [4.69, 9.17) is 0 Å². The molecular weight excluding hydrogens is 391 g/mol. The van der Waals surface area contributed by atoms with Gasteiger partial charge in [-0.25, -0.2) is 0 Å². The quantitative estimate of drug-likeness (QED) is 0.394. The summed E-state index contributed by atoms with van der Waals surface area (Å²) in [4.78, 5) is 8.91. The van der Waals surface area contributed by atoms with E-state index in [2.05, 4.69) is 39.1 Å². The first kappa shape index (κ1) is 21.2. The molecule has 1 heterocycles. The largest absolute Gasteiger partial charge is 0.355 e. The van der Waals surface area contributed by atoms with Crippen molar-refractivity contribution in [1.82, 2.24) is 24.9 Å². The maximum Gasteiger partial charge on any atom is 0.193 e. The van der Waals surface area contributed by atoms with E-state index < -0.39 is 0 Å². The SMILES string of the molecule is CCCN(CC)CCNC(=NC)N(C)Cc1cnn(C)c1.I. The Hall–Kier alpha value is -0.830. The van der Waals surface area contributed by atoms with Crippen LogP contribution in [-0.2, 0) is 13.6 Å². The molecule has 0 bridgehead atoms. The lowest BCUT2D eigenvalue weighted by molar-refractivity contribution is 0.291. The maximum atomic E-state index is 4.35. The molecule has 0 aliphatic rings. The van der Waals surface area contributed by atoms with Crippen LogP contribution in [0.5, 0.6) is 0 Å². The van der Waals surface area contributed by atoms with Crippen LogP contribution in [0.4, 0.5) is 0 Å². The number of likely N-dealkylation sites (N-methyl/N-ethyl adjacent to an activating group) is 1. The second-order valence-corrected chi connectivity index (χ2v) is 5.29. The molecule has 6 nitrogen and oxygen atoms in total. The molecule has 1 aromatic rings. The lowest BCUT2D eigenvalue weighted by atomic mass is 10.3. The van der Waals surface area contributed by atoms with Crippen LogP contribution in [0.3, 0.4) is 0 Å². The Balaban J connectivity index is 0.00000441. The Bertz CT molecular complexity index is 431. The molecule has 0 aliphatic carbocycles. The lowest BCUT2D eigenvalue weighted by Crippen LogP contribution is -2.42. The van der Waals surface area contributed by atoms with E-state index >= 15 is 0 Å². The Morgan fingerprint density at radius 3 is 2.59 bits per heavy atom. The van der Waals surface area contributed by atoms with E-state index in [-0.39, 0.29) is 24.0 Å². The van der Waals surface area contributed by atoms with Gasteiger partial charge in [-0.2, -0.15) is 5.10 Å². The molecule has 0 aliphatic heterocycles. The van der Waals surface area contributed by atoms with Crippen molar-refractivity contribution in [3.05, 3.63) is 18.0 Å². The average Bonchev–Trinajstić information content (AvgIpc) is 2.87. The van der Waals surface area contributed by atoms with Crippen LogP contribution in [-0.4, -0.2) is 65.8 Å². The molecule has 0 amide bonds. The second-order valence-electron chi connectivity index (χ2n) is 5.29. The number of nitrogens with one attached hydrogen (secondary N) is 1. The first-order valence-electron chi connectivity index (χ1n) is 7.72. The van der Waals surface area contributed by atoms with Crippen LogP contribution in [0.2, 0.25) is 0 Å². The number of rotatable bonds is 8. The van der Waals surface area contributed by atoms with Gasteiger partial charge in [0.2, 0.25) is 0 Å². The second kappa shape index (κ2) is 11.7. The smallest absolute Gasteiger partial charge is 0.193 e. The minimum Gasteiger partial charge on any atom is -0.355 e. The summed E-state index contributed by atoms with van der Waals surface area (Å²) in [5.74, 6) is 0.923. The topological polar surface area (TPSA) is 48.7 Å². The molecule has 1 N–H and O–H groups in total. The third kappa shape index (κ3) is 7.44. The predicted octanol–water partition coefficient (Wildman–Crippen LogP) is 1.78. The third-order valence-electron chi connectivity index (χ3n) is 3.45. The van der Waals surface area contributed by atoms with Crippen molar-refractivity contribution in [3.63, 3.8) is 0 Å². The van der Waals surface area contributed by atoms with Gasteiger partial charge in [-0.1, -0.05) is 13.8 Å². The molecule has 0 aromatic carbocycles. The van der Waals surface area contributed by atoms with E-state index in [0.717, 1.165) is 38.7 Å². The van der Waals surface area contributed by atoms with Crippen molar-refractivity contribution in [2.45, 2.75) is 26.8 Å². The minimum atomic E-state index is 0. The standard InChI is InChI=1S/C15H30N6.HI/c1-6-9-21(7-2)10-8-17-15(16-3)19(4)12-14-11-18-20(5)13-14;/h11,13H,6-10,12H2,1-5H3,(H,16,17);1H. The zero-order valence-corrected chi connectivity index (χ0v) is 16.9. The highest BCUT2D eigenvalue weighted by Crippen LogP contribution is 2.01. The minimum absolute atomic E-state index is 0. The summed E-state index contributed by atoms with van der Waals surface area (Å²) in [5.41, 5.74) is 1.18. The summed E-state index contributed by atoms with van der Waals surface area (Å²) in [7, 11) is 5.81. The fourth-order valence-electron chi connectivity index (χ4n) is 2.36. The van der Waals surface area contributed by atoms with Gasteiger partial charge in [0.25, 0.3) is 0 Å². The zero-order chi connectivity index (χ0) is 15.7. The maximum absolute atomic E-state index is 4.35. The van der Waals surface area contributed by atoms with Gasteiger partial charge in [0.15, 0.2) is 5.96 Å². The third-order valence-corrected chi connectivity index (χ3v) is 3.45. The van der Waals surface area contributed by atoms with Crippen molar-refractivity contribution in [3.8, 4) is 0 Å². The fraction of sp³-hybridized carbons (Fsp3) is 0.733. The molecule has 0 saturated carbocycles. The van der Waals surface area contributed by atoms with Crippen LogP contribution < -0.4 is 5.32 Å². The number of aromatic nitrogens is 2. The molecule has 1 rings (SSSR count). The van der Waals surface area contributed by atoms with Gasteiger partial charge in [-0.05, 0) is 19.5 Å². The van der Waals surface area contributed by atoms with E-state index in [1.807, 2.05) is 38.2 Å².